The first kappa shape index (κ1) is 9.38. The molecule has 1 fully saturated rings. The predicted molar refractivity (Wildman–Crippen MR) is 39.7 cm³/mol. The van der Waals surface area contributed by atoms with Crippen molar-refractivity contribution in [1.29, 1.82) is 0 Å². The van der Waals surface area contributed by atoms with Gasteiger partial charge < -0.3 is 11.1 Å². The third-order valence-electron chi connectivity index (χ3n) is 1.95. The minimum Gasteiger partial charge on any atom is -0.355 e. The van der Waals surface area contributed by atoms with Gasteiger partial charge in [-0.15, -0.1) is 0 Å². The molecule has 0 heterocycles. The van der Waals surface area contributed by atoms with Crippen molar-refractivity contribution in [2.24, 2.45) is 11.7 Å². The Morgan fingerprint density at radius 2 is 2.17 bits per heavy atom. The number of halogens is 2. The monoisotopic (exact) mass is 178 g/mol. The molecule has 1 aliphatic rings. The first-order valence-electron chi connectivity index (χ1n) is 3.88. The number of carbonyl (C=O) groups is 1. The van der Waals surface area contributed by atoms with Crippen LogP contribution in [0, 0.1) is 5.92 Å². The van der Waals surface area contributed by atoms with Crippen LogP contribution in [0.3, 0.4) is 0 Å². The minimum absolute atomic E-state index is 0.0736. The largest absolute Gasteiger partial charge is 0.355 e. The fourth-order valence-electron chi connectivity index (χ4n) is 1.26. The molecule has 0 radical (unpaired) electrons. The number of hydrogen-bond acceptors (Lipinski definition) is 2. The van der Waals surface area contributed by atoms with Crippen LogP contribution in [0.25, 0.3) is 0 Å². The highest BCUT2D eigenvalue weighted by atomic mass is 19.3. The van der Waals surface area contributed by atoms with E-state index in [1.165, 1.54) is 0 Å². The average molecular weight is 178 g/mol. The fourth-order valence-corrected chi connectivity index (χ4v) is 1.26. The van der Waals surface area contributed by atoms with Crippen molar-refractivity contribution in [3.05, 3.63) is 0 Å². The van der Waals surface area contributed by atoms with Gasteiger partial charge in [0.1, 0.15) is 0 Å². The van der Waals surface area contributed by atoms with Gasteiger partial charge in [-0.1, -0.05) is 0 Å². The number of nitrogens with two attached hydrogens (primary N) is 1. The number of carbonyl (C=O) groups excluding carboxylic acids is 1. The quantitative estimate of drug-likeness (QED) is 0.644. The summed E-state index contributed by atoms with van der Waals surface area (Å²) in [7, 11) is 0. The summed E-state index contributed by atoms with van der Waals surface area (Å²) in [6.45, 7) is 0.245. The summed E-state index contributed by atoms with van der Waals surface area (Å²) < 4.78 is 24.5. The third kappa shape index (κ3) is 2.41. The number of hydrogen-bond donors (Lipinski definition) is 2. The number of nitrogens with one attached hydrogen (secondary N) is 1. The average Bonchev–Trinajstić information content (AvgIpc) is 1.96. The molecule has 0 atom stereocenters. The molecule has 3 nitrogen and oxygen atoms in total. The highest BCUT2D eigenvalue weighted by molar-refractivity contribution is 5.77. The number of amides is 1. The van der Waals surface area contributed by atoms with E-state index in [0.29, 0.717) is 6.54 Å². The second kappa shape index (κ2) is 3.35. The van der Waals surface area contributed by atoms with Crippen molar-refractivity contribution < 1.29 is 13.6 Å². The van der Waals surface area contributed by atoms with E-state index >= 15 is 0 Å². The molecule has 0 unspecified atom stereocenters. The predicted octanol–water partition coefficient (Wildman–Crippen LogP) is 0.107. The molecule has 0 aromatic rings. The number of alkyl halides is 2. The summed E-state index contributed by atoms with van der Waals surface area (Å²) in [6.07, 6.45) is -0.226. The Morgan fingerprint density at radius 1 is 1.58 bits per heavy atom. The van der Waals surface area contributed by atoms with Crippen LogP contribution in [0.15, 0.2) is 0 Å². The van der Waals surface area contributed by atoms with Gasteiger partial charge in [0, 0.05) is 19.4 Å². The first-order chi connectivity index (χ1) is 5.53. The second-order valence-corrected chi connectivity index (χ2v) is 3.14. The lowest BCUT2D eigenvalue weighted by molar-refractivity contribution is -0.125. The van der Waals surface area contributed by atoms with E-state index in [0.717, 1.165) is 0 Å². The van der Waals surface area contributed by atoms with Crippen LogP contribution in [-0.4, -0.2) is 24.9 Å². The zero-order chi connectivity index (χ0) is 9.19. The van der Waals surface area contributed by atoms with Crippen molar-refractivity contribution in [2.45, 2.75) is 18.8 Å². The van der Waals surface area contributed by atoms with Crippen molar-refractivity contribution >= 4 is 5.91 Å². The van der Waals surface area contributed by atoms with E-state index in [1.54, 1.807) is 0 Å². The molecule has 3 N–H and O–H groups in total. The molecule has 0 saturated heterocycles. The smallest absolute Gasteiger partial charge is 0.248 e. The summed E-state index contributed by atoms with van der Waals surface area (Å²) >= 11 is 0. The van der Waals surface area contributed by atoms with Crippen molar-refractivity contribution in [2.75, 3.05) is 13.1 Å². The summed E-state index contributed by atoms with van der Waals surface area (Å²) in [5, 5.41) is 2.47. The molecule has 1 rings (SSSR count). The summed E-state index contributed by atoms with van der Waals surface area (Å²) in [5.41, 5.74) is 5.01. The highest BCUT2D eigenvalue weighted by Crippen LogP contribution is 2.41. The summed E-state index contributed by atoms with van der Waals surface area (Å²) in [4.78, 5) is 10.6. The molecule has 0 spiro atoms. The lowest BCUT2D eigenvalue weighted by atomic mass is 9.81. The molecule has 1 aliphatic carbocycles. The maximum absolute atomic E-state index is 12.3. The van der Waals surface area contributed by atoms with Crippen LogP contribution in [-0.2, 0) is 4.79 Å². The lowest BCUT2D eigenvalue weighted by Gasteiger charge is -2.34. The maximum Gasteiger partial charge on any atom is 0.248 e. The molecule has 12 heavy (non-hydrogen) atoms. The molecule has 5 heteroatoms. The van der Waals surface area contributed by atoms with Crippen LogP contribution >= 0.6 is 0 Å². The summed E-state index contributed by atoms with van der Waals surface area (Å²) in [6, 6.07) is 0. The Kier molecular flexibility index (Phi) is 2.62. The van der Waals surface area contributed by atoms with Crippen LogP contribution in [0.2, 0.25) is 0 Å². The van der Waals surface area contributed by atoms with E-state index in [1.807, 2.05) is 0 Å². The van der Waals surface area contributed by atoms with Crippen LogP contribution in [0.1, 0.15) is 12.8 Å². The molecule has 0 aromatic heterocycles. The van der Waals surface area contributed by atoms with Crippen molar-refractivity contribution in [3.8, 4) is 0 Å². The molecular weight excluding hydrogens is 166 g/mol. The Labute approximate surface area is 69.3 Å². The van der Waals surface area contributed by atoms with Crippen LogP contribution < -0.4 is 11.1 Å². The molecule has 0 aromatic carbocycles. The Bertz CT molecular complexity index is 176. The molecule has 1 saturated carbocycles. The Morgan fingerprint density at radius 3 is 2.58 bits per heavy atom. The van der Waals surface area contributed by atoms with E-state index in [2.05, 4.69) is 5.32 Å². The zero-order valence-electron chi connectivity index (χ0n) is 6.65. The molecule has 0 aliphatic heterocycles. The van der Waals surface area contributed by atoms with Gasteiger partial charge in [-0.3, -0.25) is 4.79 Å². The van der Waals surface area contributed by atoms with Gasteiger partial charge in [0.15, 0.2) is 0 Å². The van der Waals surface area contributed by atoms with Crippen molar-refractivity contribution in [1.82, 2.24) is 5.32 Å². The highest BCUT2D eigenvalue weighted by Gasteiger charge is 2.44. The summed E-state index contributed by atoms with van der Waals surface area (Å²) in [5.74, 6) is -2.86. The standard InChI is InChI=1S/C7H12F2N2O/c8-7(9)1-5(2-7)4-11-6(12)3-10/h5H,1-4,10H2,(H,11,12). The van der Waals surface area contributed by atoms with Crippen LogP contribution in [0.4, 0.5) is 8.78 Å². The second-order valence-electron chi connectivity index (χ2n) is 3.14. The molecule has 1 amide bonds. The van der Waals surface area contributed by atoms with Gasteiger partial charge >= 0.3 is 0 Å². The zero-order valence-corrected chi connectivity index (χ0v) is 6.65. The molecule has 0 bridgehead atoms. The number of rotatable bonds is 3. The van der Waals surface area contributed by atoms with Gasteiger partial charge in [-0.05, 0) is 5.92 Å². The molecule has 70 valence electrons. The fraction of sp³-hybridized carbons (Fsp3) is 0.857. The van der Waals surface area contributed by atoms with Crippen molar-refractivity contribution in [3.63, 3.8) is 0 Å². The van der Waals surface area contributed by atoms with E-state index in [9.17, 15) is 13.6 Å². The van der Waals surface area contributed by atoms with Gasteiger partial charge in [0.05, 0.1) is 6.54 Å². The van der Waals surface area contributed by atoms with E-state index in [4.69, 9.17) is 5.73 Å². The third-order valence-corrected chi connectivity index (χ3v) is 1.95. The van der Waals surface area contributed by atoms with Gasteiger partial charge in [-0.25, -0.2) is 8.78 Å². The van der Waals surface area contributed by atoms with Gasteiger partial charge in [0.2, 0.25) is 11.8 Å². The van der Waals surface area contributed by atoms with E-state index < -0.39 is 5.92 Å². The maximum atomic E-state index is 12.3. The normalized spacial score (nSPS) is 21.6. The topological polar surface area (TPSA) is 55.1 Å². The van der Waals surface area contributed by atoms with Gasteiger partial charge in [-0.2, -0.15) is 0 Å². The first-order valence-corrected chi connectivity index (χ1v) is 3.88. The minimum atomic E-state index is -2.50. The Balaban J connectivity index is 2.08. The molecular formula is C7H12F2N2O. The van der Waals surface area contributed by atoms with E-state index in [-0.39, 0.29) is 31.2 Å². The Hall–Kier alpha value is -0.710. The SMILES string of the molecule is NCC(=O)NCC1CC(F)(F)C1. The van der Waals surface area contributed by atoms with Gasteiger partial charge in [0.25, 0.3) is 0 Å². The van der Waals surface area contributed by atoms with Crippen LogP contribution in [0.5, 0.6) is 0 Å². The lowest BCUT2D eigenvalue weighted by Crippen LogP contribution is -2.43.